The summed E-state index contributed by atoms with van der Waals surface area (Å²) in [7, 11) is 0. The minimum absolute atomic E-state index is 0.0679. The smallest absolute Gasteiger partial charge is 0.339 e. The Balaban J connectivity index is 2.05. The van der Waals surface area contributed by atoms with Crippen molar-refractivity contribution in [3.8, 4) is 0 Å². The maximum atomic E-state index is 12.6. The molecule has 8 heteroatoms. The van der Waals surface area contributed by atoms with Gasteiger partial charge in [-0.1, -0.05) is 20.8 Å². The van der Waals surface area contributed by atoms with Crippen molar-refractivity contribution in [2.45, 2.75) is 57.7 Å². The summed E-state index contributed by atoms with van der Waals surface area (Å²) in [5.74, 6) is -2.36. The van der Waals surface area contributed by atoms with E-state index in [4.69, 9.17) is 14.2 Å². The molecule has 126 valence electrons. The lowest BCUT2D eigenvalue weighted by molar-refractivity contribution is -0.224. The first-order chi connectivity index (χ1) is 10.5. The van der Waals surface area contributed by atoms with E-state index < -0.39 is 58.3 Å². The van der Waals surface area contributed by atoms with Crippen molar-refractivity contribution >= 4 is 17.9 Å². The normalized spacial score (nSPS) is 51.0. The van der Waals surface area contributed by atoms with Gasteiger partial charge in [0.25, 0.3) is 6.29 Å². The van der Waals surface area contributed by atoms with Gasteiger partial charge in [0.2, 0.25) is 0 Å². The molecular formula is C15H18O8. The second kappa shape index (κ2) is 3.70. The topological polar surface area (TPSA) is 119 Å². The van der Waals surface area contributed by atoms with Crippen molar-refractivity contribution in [1.82, 2.24) is 0 Å². The zero-order valence-corrected chi connectivity index (χ0v) is 13.0. The Labute approximate surface area is 131 Å². The number of esters is 3. The zero-order valence-electron chi connectivity index (χ0n) is 13.0. The molecule has 3 heterocycles. The highest BCUT2D eigenvalue weighted by Crippen LogP contribution is 2.75. The lowest BCUT2D eigenvalue weighted by Gasteiger charge is -2.49. The van der Waals surface area contributed by atoms with Crippen molar-refractivity contribution in [2.24, 2.45) is 16.2 Å². The minimum atomic E-state index is -1.78. The standard InChI is InChI=1S/C15H18O8/c1-12(2,3)14(20)4-6-13(5-7(16)21-6)10(19)23-11-15(13,14)8(17)9(18)22-11/h6,8,11,17,20H,4-5H2,1-3H3/t6-,8-,11+,13+,14+,15-/m0/s1. The van der Waals surface area contributed by atoms with Crippen LogP contribution in [0.3, 0.4) is 0 Å². The van der Waals surface area contributed by atoms with Gasteiger partial charge in [-0.3, -0.25) is 9.59 Å². The molecule has 23 heavy (non-hydrogen) atoms. The zero-order chi connectivity index (χ0) is 17.0. The number of ether oxygens (including phenoxy) is 3. The second-order valence-electron chi connectivity index (χ2n) is 7.89. The molecule has 0 aromatic rings. The molecule has 0 radical (unpaired) electrons. The first kappa shape index (κ1) is 14.9. The number of aliphatic hydroxyl groups excluding tert-OH is 1. The lowest BCUT2D eigenvalue weighted by atomic mass is 9.52. The highest BCUT2D eigenvalue weighted by Gasteiger charge is 2.92. The molecule has 6 atom stereocenters. The monoisotopic (exact) mass is 326 g/mol. The third-order valence-electron chi connectivity index (χ3n) is 6.22. The molecule has 3 saturated heterocycles. The Bertz CT molecular complexity index is 650. The van der Waals surface area contributed by atoms with Gasteiger partial charge in [-0.2, -0.15) is 0 Å². The molecule has 2 N–H and O–H groups in total. The molecule has 4 aliphatic rings. The van der Waals surface area contributed by atoms with E-state index in [1.54, 1.807) is 20.8 Å². The van der Waals surface area contributed by atoms with E-state index in [0.717, 1.165) is 0 Å². The van der Waals surface area contributed by atoms with Crippen molar-refractivity contribution in [2.75, 3.05) is 0 Å². The fourth-order valence-corrected chi connectivity index (χ4v) is 5.15. The van der Waals surface area contributed by atoms with Gasteiger partial charge >= 0.3 is 17.9 Å². The molecular weight excluding hydrogens is 308 g/mol. The van der Waals surface area contributed by atoms with Gasteiger partial charge < -0.3 is 24.4 Å². The Hall–Kier alpha value is -1.67. The summed E-state index contributed by atoms with van der Waals surface area (Å²) in [6, 6.07) is 0. The van der Waals surface area contributed by atoms with Crippen LogP contribution in [0.25, 0.3) is 0 Å². The molecule has 4 fully saturated rings. The summed E-state index contributed by atoms with van der Waals surface area (Å²) < 4.78 is 15.5. The Kier molecular flexibility index (Phi) is 2.39. The van der Waals surface area contributed by atoms with E-state index >= 15 is 0 Å². The molecule has 0 bridgehead atoms. The van der Waals surface area contributed by atoms with Gasteiger partial charge in [0.1, 0.15) is 16.9 Å². The van der Waals surface area contributed by atoms with Gasteiger partial charge in [0, 0.05) is 6.42 Å². The first-order valence-corrected chi connectivity index (χ1v) is 7.54. The van der Waals surface area contributed by atoms with E-state index in [2.05, 4.69) is 0 Å². The molecule has 0 amide bonds. The highest BCUT2D eigenvalue weighted by atomic mass is 16.7. The van der Waals surface area contributed by atoms with Crippen LogP contribution in [0.15, 0.2) is 0 Å². The Morgan fingerprint density at radius 1 is 1.13 bits per heavy atom. The minimum Gasteiger partial charge on any atom is -0.461 e. The fraction of sp³-hybridized carbons (Fsp3) is 0.800. The van der Waals surface area contributed by atoms with Crippen molar-refractivity contribution in [3.63, 3.8) is 0 Å². The SMILES string of the molecule is CC(C)(C)[C@]1(O)C[C@@H]2OC(=O)C[C@]23C(=O)O[C@H]2OC(=O)[C@H](O)[C@]231. The average Bonchev–Trinajstić information content (AvgIpc) is 3.00. The largest absolute Gasteiger partial charge is 0.461 e. The maximum Gasteiger partial charge on any atom is 0.339 e. The molecule has 8 nitrogen and oxygen atoms in total. The molecule has 0 aromatic heterocycles. The van der Waals surface area contributed by atoms with Gasteiger partial charge in [-0.25, -0.2) is 4.79 Å². The van der Waals surface area contributed by atoms with Crippen LogP contribution >= 0.6 is 0 Å². The van der Waals surface area contributed by atoms with Crippen LogP contribution in [0.5, 0.6) is 0 Å². The van der Waals surface area contributed by atoms with Crippen molar-refractivity contribution in [1.29, 1.82) is 0 Å². The van der Waals surface area contributed by atoms with Gasteiger partial charge in [0.15, 0.2) is 6.10 Å². The van der Waals surface area contributed by atoms with E-state index in [-0.39, 0.29) is 12.8 Å². The maximum absolute atomic E-state index is 12.6. The van der Waals surface area contributed by atoms with Crippen molar-refractivity contribution in [3.05, 3.63) is 0 Å². The third-order valence-corrected chi connectivity index (χ3v) is 6.22. The van der Waals surface area contributed by atoms with E-state index in [0.29, 0.717) is 0 Å². The second-order valence-corrected chi connectivity index (χ2v) is 7.89. The average molecular weight is 326 g/mol. The van der Waals surface area contributed by atoms with Gasteiger partial charge in [-0.15, -0.1) is 0 Å². The summed E-state index contributed by atoms with van der Waals surface area (Å²) in [5.41, 5.74) is -5.91. The lowest BCUT2D eigenvalue weighted by Crippen LogP contribution is -2.65. The fourth-order valence-electron chi connectivity index (χ4n) is 5.15. The molecule has 0 aromatic carbocycles. The van der Waals surface area contributed by atoms with Crippen LogP contribution in [0, 0.1) is 16.2 Å². The Morgan fingerprint density at radius 3 is 2.39 bits per heavy atom. The predicted molar refractivity (Wildman–Crippen MR) is 70.4 cm³/mol. The summed E-state index contributed by atoms with van der Waals surface area (Å²) >= 11 is 0. The van der Waals surface area contributed by atoms with Crippen LogP contribution in [-0.4, -0.2) is 52.2 Å². The third kappa shape index (κ3) is 1.20. The highest BCUT2D eigenvalue weighted by molar-refractivity contribution is 5.94. The number of carbonyl (C=O) groups excluding carboxylic acids is 3. The van der Waals surface area contributed by atoms with Gasteiger partial charge in [-0.05, 0) is 5.41 Å². The van der Waals surface area contributed by atoms with Crippen LogP contribution in [0.2, 0.25) is 0 Å². The molecule has 1 saturated carbocycles. The number of hydrogen-bond donors (Lipinski definition) is 2. The molecule has 4 rings (SSSR count). The van der Waals surface area contributed by atoms with Crippen LogP contribution in [0.1, 0.15) is 33.6 Å². The number of carbonyl (C=O) groups is 3. The van der Waals surface area contributed by atoms with E-state index in [9.17, 15) is 24.6 Å². The number of rotatable bonds is 0. The molecule has 3 aliphatic heterocycles. The summed E-state index contributed by atoms with van der Waals surface area (Å²) in [6.45, 7) is 5.19. The predicted octanol–water partition coefficient (Wildman–Crippen LogP) is -0.744. The van der Waals surface area contributed by atoms with Crippen LogP contribution < -0.4 is 0 Å². The first-order valence-electron chi connectivity index (χ1n) is 7.54. The summed E-state index contributed by atoms with van der Waals surface area (Å²) in [5, 5.41) is 22.2. The quantitative estimate of drug-likeness (QED) is 0.558. The molecule has 0 unspecified atom stereocenters. The molecule has 1 aliphatic carbocycles. The molecule has 2 spiro atoms. The number of aliphatic hydroxyl groups is 2. The Morgan fingerprint density at radius 2 is 1.78 bits per heavy atom. The van der Waals surface area contributed by atoms with Crippen molar-refractivity contribution < 1.29 is 38.8 Å². The van der Waals surface area contributed by atoms with E-state index in [1.807, 2.05) is 0 Å². The van der Waals surface area contributed by atoms with Crippen LogP contribution in [0.4, 0.5) is 0 Å². The van der Waals surface area contributed by atoms with Gasteiger partial charge in [0.05, 0.1) is 12.0 Å². The summed E-state index contributed by atoms with van der Waals surface area (Å²) in [4.78, 5) is 36.5. The van der Waals surface area contributed by atoms with E-state index in [1.165, 1.54) is 0 Å². The summed E-state index contributed by atoms with van der Waals surface area (Å²) in [6.07, 6.45) is -4.58. The van der Waals surface area contributed by atoms with Crippen LogP contribution in [-0.2, 0) is 28.6 Å². The number of hydrogen-bond acceptors (Lipinski definition) is 8.